The van der Waals surface area contributed by atoms with Crippen LogP contribution in [0.25, 0.3) is 0 Å². The van der Waals surface area contributed by atoms with Gasteiger partial charge in [0.1, 0.15) is 0 Å². The van der Waals surface area contributed by atoms with E-state index in [1.165, 1.54) is 0 Å². The van der Waals surface area contributed by atoms with Gasteiger partial charge in [-0.05, 0) is 36.6 Å². The lowest BCUT2D eigenvalue weighted by Gasteiger charge is -2.18. The molecule has 0 spiro atoms. The Balaban J connectivity index is 0.00000450. The van der Waals surface area contributed by atoms with Gasteiger partial charge in [0.15, 0.2) is 5.96 Å². The van der Waals surface area contributed by atoms with Gasteiger partial charge in [0.2, 0.25) is 0 Å². The third-order valence-electron chi connectivity index (χ3n) is 4.87. The van der Waals surface area contributed by atoms with Gasteiger partial charge in [-0.2, -0.15) is 0 Å². The van der Waals surface area contributed by atoms with E-state index in [1.807, 2.05) is 68.4 Å². The molecular formula is C23H33IN4O2. The summed E-state index contributed by atoms with van der Waals surface area (Å²) in [5.74, 6) is 0.577. The maximum atomic E-state index is 12.3. The van der Waals surface area contributed by atoms with E-state index >= 15 is 0 Å². The molecular weight excluding hydrogens is 491 g/mol. The summed E-state index contributed by atoms with van der Waals surface area (Å²) in [6.45, 7) is 5.20. The highest BCUT2D eigenvalue weighted by molar-refractivity contribution is 14.0. The van der Waals surface area contributed by atoms with E-state index < -0.39 is 0 Å². The second-order valence-corrected chi connectivity index (χ2v) is 7.08. The number of benzene rings is 2. The molecule has 164 valence electrons. The van der Waals surface area contributed by atoms with Crippen molar-refractivity contribution in [1.82, 2.24) is 16.0 Å². The summed E-state index contributed by atoms with van der Waals surface area (Å²) >= 11 is 0. The number of hydrogen-bond acceptors (Lipinski definition) is 3. The number of carbonyl (C=O) groups is 1. The van der Waals surface area contributed by atoms with Gasteiger partial charge in [-0.15, -0.1) is 24.0 Å². The van der Waals surface area contributed by atoms with Gasteiger partial charge in [-0.25, -0.2) is 0 Å². The molecule has 4 N–H and O–H groups in total. The zero-order chi connectivity index (χ0) is 21.1. The fraction of sp³-hybridized carbons (Fsp3) is 0.391. The zero-order valence-electron chi connectivity index (χ0n) is 17.9. The first kappa shape index (κ1) is 25.9. The Kier molecular flexibility index (Phi) is 12.1. The molecule has 2 rings (SSSR count). The molecule has 2 unspecified atom stereocenters. The van der Waals surface area contributed by atoms with Gasteiger partial charge in [0, 0.05) is 37.7 Å². The van der Waals surface area contributed by atoms with Crippen LogP contribution < -0.4 is 16.0 Å². The first-order chi connectivity index (χ1) is 14.1. The van der Waals surface area contributed by atoms with Crippen molar-refractivity contribution in [3.05, 3.63) is 71.3 Å². The normalized spacial score (nSPS) is 13.0. The van der Waals surface area contributed by atoms with Crippen LogP contribution in [-0.4, -0.2) is 43.2 Å². The summed E-state index contributed by atoms with van der Waals surface area (Å²) in [5, 5.41) is 19.2. The number of aliphatic imine (C=N–C) groups is 1. The predicted molar refractivity (Wildman–Crippen MR) is 134 cm³/mol. The van der Waals surface area contributed by atoms with Crippen LogP contribution in [-0.2, 0) is 6.54 Å². The van der Waals surface area contributed by atoms with Gasteiger partial charge in [0.05, 0.1) is 6.61 Å². The number of nitrogens with one attached hydrogen (secondary N) is 3. The lowest BCUT2D eigenvalue weighted by Crippen LogP contribution is -2.39. The molecule has 0 aromatic heterocycles. The van der Waals surface area contributed by atoms with Crippen LogP contribution in [0.1, 0.15) is 47.7 Å². The molecule has 1 amide bonds. The van der Waals surface area contributed by atoms with Crippen LogP contribution in [0.2, 0.25) is 0 Å². The Bertz CT molecular complexity index is 799. The Labute approximate surface area is 196 Å². The maximum absolute atomic E-state index is 12.3. The predicted octanol–water partition coefficient (Wildman–Crippen LogP) is 3.27. The van der Waals surface area contributed by atoms with Crippen LogP contribution >= 0.6 is 24.0 Å². The Morgan fingerprint density at radius 1 is 1.10 bits per heavy atom. The molecule has 0 fully saturated rings. The van der Waals surface area contributed by atoms with Gasteiger partial charge < -0.3 is 21.1 Å². The SMILES string of the molecule is CCC(C)NC(=O)c1cccc(CNC(=NC)NCC(CO)c2ccccc2)c1.I. The lowest BCUT2D eigenvalue weighted by atomic mass is 10.0. The van der Waals surface area contributed by atoms with E-state index in [9.17, 15) is 9.90 Å². The highest BCUT2D eigenvalue weighted by Gasteiger charge is 2.12. The molecule has 2 atom stereocenters. The Morgan fingerprint density at radius 3 is 2.47 bits per heavy atom. The van der Waals surface area contributed by atoms with E-state index in [0.717, 1.165) is 17.5 Å². The molecule has 6 nitrogen and oxygen atoms in total. The second-order valence-electron chi connectivity index (χ2n) is 7.08. The van der Waals surface area contributed by atoms with E-state index in [-0.39, 0.29) is 48.5 Å². The van der Waals surface area contributed by atoms with Crippen LogP contribution in [0.4, 0.5) is 0 Å². The molecule has 0 aliphatic heterocycles. The second kappa shape index (κ2) is 14.0. The molecule has 2 aromatic carbocycles. The van der Waals surface area contributed by atoms with E-state index in [0.29, 0.717) is 24.6 Å². The number of nitrogens with zero attached hydrogens (tertiary/aromatic N) is 1. The first-order valence-electron chi connectivity index (χ1n) is 10.1. The molecule has 2 aromatic rings. The Hall–Kier alpha value is -2.13. The summed E-state index contributed by atoms with van der Waals surface area (Å²) in [6, 6.07) is 17.6. The van der Waals surface area contributed by atoms with Gasteiger partial charge in [0.25, 0.3) is 5.91 Å². The zero-order valence-corrected chi connectivity index (χ0v) is 20.2. The van der Waals surface area contributed by atoms with Crippen molar-refractivity contribution in [2.24, 2.45) is 4.99 Å². The molecule has 0 radical (unpaired) electrons. The number of halogens is 1. The summed E-state index contributed by atoms with van der Waals surface area (Å²) in [7, 11) is 1.71. The van der Waals surface area contributed by atoms with Crippen LogP contribution in [0.15, 0.2) is 59.6 Å². The monoisotopic (exact) mass is 524 g/mol. The molecule has 0 heterocycles. The first-order valence-corrected chi connectivity index (χ1v) is 10.1. The van der Waals surface area contributed by atoms with Crippen LogP contribution in [0, 0.1) is 0 Å². The topological polar surface area (TPSA) is 85.8 Å². The van der Waals surface area contributed by atoms with Gasteiger partial charge in [-0.3, -0.25) is 9.79 Å². The molecule has 30 heavy (non-hydrogen) atoms. The highest BCUT2D eigenvalue weighted by atomic mass is 127. The number of aliphatic hydroxyl groups is 1. The molecule has 0 saturated carbocycles. The average molecular weight is 524 g/mol. The molecule has 0 saturated heterocycles. The van der Waals surface area contributed by atoms with E-state index in [4.69, 9.17) is 0 Å². The summed E-state index contributed by atoms with van der Waals surface area (Å²) in [6.07, 6.45) is 0.896. The summed E-state index contributed by atoms with van der Waals surface area (Å²) in [5.41, 5.74) is 2.72. The number of guanidine groups is 1. The van der Waals surface area contributed by atoms with Crippen molar-refractivity contribution < 1.29 is 9.90 Å². The minimum atomic E-state index is -0.0580. The maximum Gasteiger partial charge on any atom is 0.251 e. The third kappa shape index (κ3) is 8.31. The minimum absolute atomic E-state index is 0. The highest BCUT2D eigenvalue weighted by Crippen LogP contribution is 2.13. The molecule has 0 bridgehead atoms. The van der Waals surface area contributed by atoms with Crippen molar-refractivity contribution in [2.45, 2.75) is 38.8 Å². The third-order valence-corrected chi connectivity index (χ3v) is 4.87. The summed E-state index contributed by atoms with van der Waals surface area (Å²) in [4.78, 5) is 16.6. The largest absolute Gasteiger partial charge is 0.396 e. The van der Waals surface area contributed by atoms with Crippen molar-refractivity contribution in [3.8, 4) is 0 Å². The van der Waals surface area contributed by atoms with Crippen molar-refractivity contribution in [3.63, 3.8) is 0 Å². The van der Waals surface area contributed by atoms with Crippen molar-refractivity contribution >= 4 is 35.8 Å². The number of carbonyl (C=O) groups excluding carboxylic acids is 1. The smallest absolute Gasteiger partial charge is 0.251 e. The fourth-order valence-corrected chi connectivity index (χ4v) is 2.87. The number of hydrogen-bond donors (Lipinski definition) is 4. The van der Waals surface area contributed by atoms with Gasteiger partial charge in [-0.1, -0.05) is 49.4 Å². The number of rotatable bonds is 9. The quantitative estimate of drug-likeness (QED) is 0.231. The average Bonchev–Trinajstić information content (AvgIpc) is 2.77. The number of amides is 1. The molecule has 0 aliphatic rings. The van der Waals surface area contributed by atoms with Gasteiger partial charge >= 0.3 is 0 Å². The van der Waals surface area contributed by atoms with Crippen LogP contribution in [0.5, 0.6) is 0 Å². The minimum Gasteiger partial charge on any atom is -0.396 e. The Morgan fingerprint density at radius 2 is 1.83 bits per heavy atom. The number of aliphatic hydroxyl groups excluding tert-OH is 1. The van der Waals surface area contributed by atoms with E-state index in [1.54, 1.807) is 7.05 Å². The van der Waals surface area contributed by atoms with Crippen molar-refractivity contribution in [2.75, 3.05) is 20.2 Å². The molecule has 0 aliphatic carbocycles. The standard InChI is InChI=1S/C23H32N4O2.HI/c1-4-17(2)27-22(29)20-12-8-9-18(13-20)14-25-23(24-3)26-15-21(16-28)19-10-6-5-7-11-19;/h5-13,17,21,28H,4,14-16H2,1-3H3,(H,27,29)(H2,24,25,26);1H. The molecule has 7 heteroatoms. The van der Waals surface area contributed by atoms with E-state index in [2.05, 4.69) is 20.9 Å². The summed E-state index contributed by atoms with van der Waals surface area (Å²) < 4.78 is 0. The van der Waals surface area contributed by atoms with Crippen molar-refractivity contribution in [1.29, 1.82) is 0 Å². The van der Waals surface area contributed by atoms with Crippen LogP contribution in [0.3, 0.4) is 0 Å². The fourth-order valence-electron chi connectivity index (χ4n) is 2.87. The lowest BCUT2D eigenvalue weighted by molar-refractivity contribution is 0.0939.